The molecule has 9 N–H and O–H groups in total. The number of aromatic nitrogens is 3. The SMILES string of the molecule is C=CS(=O)(=O)c1cc(OC)c(N=Nc2c(SOOO)cc3cc(S(=O)(=O)O)cc(Nc4nc(Cl)nc(Nc5ccc6c(O)c(N=Nc7ccc(OC)cc7S(=O)(=O)O)c(S(=O)(=O)O)cc6c5)n4)c3c2O)c(S(=O)(=O)O)c1. The molecule has 0 bridgehead atoms. The van der Waals surface area contributed by atoms with Gasteiger partial charge in [-0.25, -0.2) is 13.7 Å². The van der Waals surface area contributed by atoms with Crippen LogP contribution in [0.15, 0.2) is 135 Å². The molecule has 0 fully saturated rings. The van der Waals surface area contributed by atoms with Crippen LogP contribution in [0.2, 0.25) is 5.28 Å². The second kappa shape index (κ2) is 21.4. The third-order valence-corrected chi connectivity index (χ3v) is 15.6. The average Bonchev–Trinajstić information content (AvgIpc) is 3.33. The number of anilines is 4. The van der Waals surface area contributed by atoms with Crippen LogP contribution < -0.4 is 20.1 Å². The summed E-state index contributed by atoms with van der Waals surface area (Å²) < 4.78 is 179. The molecule has 76 heavy (non-hydrogen) atoms. The van der Waals surface area contributed by atoms with Crippen LogP contribution in [-0.4, -0.2) is 105 Å². The third kappa shape index (κ3) is 12.2. The van der Waals surface area contributed by atoms with Gasteiger partial charge in [-0.15, -0.1) is 24.8 Å². The quantitative estimate of drug-likeness (QED) is 0.0122. The lowest BCUT2D eigenvalue weighted by Gasteiger charge is -2.16. The number of nitrogens with one attached hydrogen (secondary N) is 2. The zero-order valence-electron chi connectivity index (χ0n) is 37.5. The van der Waals surface area contributed by atoms with Crippen molar-refractivity contribution >= 4 is 142 Å². The second-order valence-corrected chi connectivity index (χ2v) is 23.3. The van der Waals surface area contributed by atoms with E-state index in [0.717, 1.165) is 49.6 Å². The number of phenols is 2. The summed E-state index contributed by atoms with van der Waals surface area (Å²) in [6.45, 7) is 3.17. The maximum atomic E-state index is 12.6. The summed E-state index contributed by atoms with van der Waals surface area (Å²) >= 11 is 6.37. The van der Waals surface area contributed by atoms with Crippen molar-refractivity contribution in [2.45, 2.75) is 29.4 Å². The topological polar surface area (TPSA) is 461 Å². The summed E-state index contributed by atoms with van der Waals surface area (Å²) in [5.74, 6) is -3.36. The van der Waals surface area contributed by atoms with Gasteiger partial charge in [-0.3, -0.25) is 18.2 Å². The Morgan fingerprint density at radius 3 is 1.87 bits per heavy atom. The Kier molecular flexibility index (Phi) is 15.9. The average molecular weight is 1190 g/mol. The van der Waals surface area contributed by atoms with Gasteiger partial charge in [-0.1, -0.05) is 11.6 Å². The molecule has 0 amide bonds. The molecule has 0 aliphatic heterocycles. The van der Waals surface area contributed by atoms with Crippen LogP contribution in [0.25, 0.3) is 21.5 Å². The number of hydrogen-bond acceptors (Lipinski definition) is 27. The molecule has 7 aromatic rings. The van der Waals surface area contributed by atoms with Gasteiger partial charge in [0, 0.05) is 34.0 Å². The first-order valence-electron chi connectivity index (χ1n) is 19.7. The van der Waals surface area contributed by atoms with Crippen molar-refractivity contribution in [1.82, 2.24) is 15.0 Å². The normalized spacial score (nSPS) is 12.7. The van der Waals surface area contributed by atoms with Gasteiger partial charge in [0.2, 0.25) is 17.2 Å². The number of halogens is 1. The molecule has 0 aliphatic carbocycles. The smallest absolute Gasteiger partial charge is 0.296 e. The number of phenolic OH excluding ortho intramolecular Hbond substituents is 2. The van der Waals surface area contributed by atoms with E-state index in [1.807, 2.05) is 0 Å². The van der Waals surface area contributed by atoms with Gasteiger partial charge in [0.05, 0.1) is 46.6 Å². The van der Waals surface area contributed by atoms with Crippen molar-refractivity contribution in [2.75, 3.05) is 24.9 Å². The summed E-state index contributed by atoms with van der Waals surface area (Å²) in [5.41, 5.74) is -3.29. The van der Waals surface area contributed by atoms with Crippen molar-refractivity contribution in [2.24, 2.45) is 20.5 Å². The Balaban J connectivity index is 1.32. The lowest BCUT2D eigenvalue weighted by molar-refractivity contribution is -0.432. The minimum absolute atomic E-state index is 0.0127. The lowest BCUT2D eigenvalue weighted by atomic mass is 10.1. The van der Waals surface area contributed by atoms with E-state index in [9.17, 15) is 70.5 Å². The second-order valence-electron chi connectivity index (χ2n) is 14.7. The lowest BCUT2D eigenvalue weighted by Crippen LogP contribution is -2.06. The number of fused-ring (bicyclic) bond motifs is 2. The number of rotatable bonds is 19. The van der Waals surface area contributed by atoms with Gasteiger partial charge in [-0.2, -0.15) is 48.6 Å². The van der Waals surface area contributed by atoms with Gasteiger partial charge in [0.25, 0.3) is 40.5 Å². The summed E-state index contributed by atoms with van der Waals surface area (Å²) in [6, 6.07) is 11.8. The Morgan fingerprint density at radius 1 is 0.632 bits per heavy atom. The number of ether oxygens (including phenoxy) is 2. The van der Waals surface area contributed by atoms with Crippen LogP contribution >= 0.6 is 23.6 Å². The molecule has 0 saturated carbocycles. The molecule has 0 saturated heterocycles. The zero-order valence-corrected chi connectivity index (χ0v) is 43.2. The number of nitrogens with zero attached hydrogens (tertiary/aromatic N) is 7. The number of sulfone groups is 1. The first kappa shape index (κ1) is 56.4. The van der Waals surface area contributed by atoms with Gasteiger partial charge in [0.15, 0.2) is 21.3 Å². The van der Waals surface area contributed by atoms with Gasteiger partial charge in [-0.05, 0) is 83.0 Å². The number of hydrogen-bond donors (Lipinski definition) is 9. The van der Waals surface area contributed by atoms with Crippen molar-refractivity contribution in [3.8, 4) is 23.0 Å². The number of azo groups is 2. The van der Waals surface area contributed by atoms with Crippen LogP contribution in [0.4, 0.5) is 46.0 Å². The molecule has 0 aliphatic rings. The highest BCUT2D eigenvalue weighted by Gasteiger charge is 2.28. The molecule has 1 heterocycles. The molecule has 0 spiro atoms. The fourth-order valence-electron chi connectivity index (χ4n) is 6.74. The predicted octanol–water partition coefficient (Wildman–Crippen LogP) is 7.91. The Bertz CT molecular complexity index is 4230. The molecule has 37 heteroatoms. The van der Waals surface area contributed by atoms with Crippen LogP contribution in [0.1, 0.15) is 0 Å². The largest absolute Gasteiger partial charge is 0.505 e. The molecule has 0 radical (unpaired) electrons. The van der Waals surface area contributed by atoms with Gasteiger partial charge < -0.3 is 30.3 Å². The molecule has 7 rings (SSSR count). The van der Waals surface area contributed by atoms with Gasteiger partial charge in [0.1, 0.15) is 48.9 Å². The highest BCUT2D eigenvalue weighted by Crippen LogP contribution is 2.49. The first-order chi connectivity index (χ1) is 35.5. The predicted molar refractivity (Wildman–Crippen MR) is 264 cm³/mol. The molecule has 6 aromatic carbocycles. The van der Waals surface area contributed by atoms with Crippen molar-refractivity contribution < 1.29 is 94.6 Å². The van der Waals surface area contributed by atoms with E-state index >= 15 is 0 Å². The van der Waals surface area contributed by atoms with Crippen molar-refractivity contribution in [3.05, 3.63) is 90.1 Å². The summed E-state index contributed by atoms with van der Waals surface area (Å²) in [5, 5.41) is 55.2. The van der Waals surface area contributed by atoms with E-state index in [2.05, 4.69) is 62.0 Å². The number of aromatic hydroxyl groups is 2. The van der Waals surface area contributed by atoms with Gasteiger partial charge >= 0.3 is 0 Å². The maximum Gasteiger partial charge on any atom is 0.296 e. The fraction of sp³-hybridized carbons (Fsp3) is 0.0513. The van der Waals surface area contributed by atoms with E-state index in [-0.39, 0.29) is 49.9 Å². The minimum atomic E-state index is -5.33. The Labute approximate surface area is 436 Å². The first-order valence-corrected chi connectivity index (χ1v) is 28.1. The highest BCUT2D eigenvalue weighted by molar-refractivity contribution is 7.95. The van der Waals surface area contributed by atoms with E-state index in [4.69, 9.17) is 26.3 Å². The van der Waals surface area contributed by atoms with E-state index in [1.54, 1.807) is 0 Å². The maximum absolute atomic E-state index is 12.6. The zero-order chi connectivity index (χ0) is 55.9. The molecular weight excluding hydrogens is 1160 g/mol. The van der Waals surface area contributed by atoms with Crippen LogP contribution in [-0.2, 0) is 59.7 Å². The van der Waals surface area contributed by atoms with E-state index in [0.29, 0.717) is 11.5 Å². The molecule has 30 nitrogen and oxygen atoms in total. The summed E-state index contributed by atoms with van der Waals surface area (Å²) in [7, 11) is -22.8. The highest BCUT2D eigenvalue weighted by atomic mass is 35.5. The minimum Gasteiger partial charge on any atom is -0.505 e. The third-order valence-electron chi connectivity index (χ3n) is 10.0. The number of methoxy groups -OCH3 is 2. The van der Waals surface area contributed by atoms with Crippen LogP contribution in [0.3, 0.4) is 0 Å². The molecule has 0 unspecified atom stereocenters. The summed E-state index contributed by atoms with van der Waals surface area (Å²) in [6.07, 6.45) is 0. The summed E-state index contributed by atoms with van der Waals surface area (Å²) in [4.78, 5) is 7.25. The van der Waals surface area contributed by atoms with Crippen molar-refractivity contribution in [1.29, 1.82) is 0 Å². The van der Waals surface area contributed by atoms with E-state index in [1.165, 1.54) is 31.4 Å². The molecule has 0 atom stereocenters. The number of benzene rings is 6. The standard InChI is InChI=1S/C39H30ClN9O21S6/c1-4-72(53,54)21-15-26(68-3)32(30(16-21)76(64,65)66)47-48-33-27(71-70-69-52)11-18-10-22(73(55,56)57)14-25(31(18)36(33)51)42-39-44-37(40)43-38(45-39)41-19-5-7-23-17(9-19)12-29(75(61,62)63)34(35(23)50)49-46-24-8-6-20(67-2)13-28(24)74(58,59)60/h4-16,50-52H,1H2,2-3H3,(H,55,56,57)(H,58,59,60)(H,61,62,63)(H,64,65,66)(H2,41,42,43,44,45). The fourth-order valence-corrected chi connectivity index (χ4v) is 10.7. The van der Waals surface area contributed by atoms with E-state index < -0.39 is 138 Å². The molecule has 1 aromatic heterocycles. The molecular formula is C39H30ClN9O21S6. The van der Waals surface area contributed by atoms with Crippen molar-refractivity contribution in [3.63, 3.8) is 0 Å². The Morgan fingerprint density at radius 2 is 1.26 bits per heavy atom. The van der Waals surface area contributed by atoms with Crippen LogP contribution in [0.5, 0.6) is 23.0 Å². The Hall–Kier alpha value is -7.30. The molecule has 400 valence electrons. The monoisotopic (exact) mass is 1190 g/mol. The van der Waals surface area contributed by atoms with Crippen LogP contribution in [0, 0.1) is 0 Å².